The second-order valence-electron chi connectivity index (χ2n) is 4.22. The summed E-state index contributed by atoms with van der Waals surface area (Å²) in [5.41, 5.74) is 6.92. The molecule has 0 saturated heterocycles. The number of rotatable bonds is 4. The van der Waals surface area contributed by atoms with Crippen molar-refractivity contribution < 1.29 is 9.47 Å². The van der Waals surface area contributed by atoms with Crippen LogP contribution in [-0.4, -0.2) is 7.11 Å². The van der Waals surface area contributed by atoms with Gasteiger partial charge in [0.1, 0.15) is 17.2 Å². The Kier molecular flexibility index (Phi) is 4.45. The van der Waals surface area contributed by atoms with Gasteiger partial charge >= 0.3 is 0 Å². The molecule has 2 aromatic carbocycles. The van der Waals surface area contributed by atoms with Crippen molar-refractivity contribution in [3.8, 4) is 17.2 Å². The Hall–Kier alpha value is -1.52. The van der Waals surface area contributed by atoms with Gasteiger partial charge in [-0.1, -0.05) is 18.2 Å². The van der Waals surface area contributed by atoms with Crippen LogP contribution in [0.25, 0.3) is 0 Å². The summed E-state index contributed by atoms with van der Waals surface area (Å²) in [4.78, 5) is 0. The van der Waals surface area contributed by atoms with Crippen LogP contribution in [0.15, 0.2) is 46.9 Å². The molecule has 1 unspecified atom stereocenters. The number of methoxy groups -OCH3 is 1. The van der Waals surface area contributed by atoms with Gasteiger partial charge in [-0.15, -0.1) is 0 Å². The molecule has 0 radical (unpaired) electrons. The molecule has 1 atom stereocenters. The number of hydrogen-bond donors (Lipinski definition) is 1. The Bertz CT molecular complexity index is 570. The number of nitrogens with two attached hydrogens (primary N) is 1. The first-order valence-corrected chi connectivity index (χ1v) is 6.77. The number of hydrogen-bond acceptors (Lipinski definition) is 3. The molecular formula is C15H16BrNO2. The summed E-state index contributed by atoms with van der Waals surface area (Å²) in [5, 5.41) is 0. The Balaban J connectivity index is 2.31. The van der Waals surface area contributed by atoms with E-state index in [1.165, 1.54) is 0 Å². The van der Waals surface area contributed by atoms with E-state index in [9.17, 15) is 0 Å². The third-order valence-electron chi connectivity index (χ3n) is 2.77. The molecule has 3 nitrogen and oxygen atoms in total. The largest absolute Gasteiger partial charge is 0.497 e. The quantitative estimate of drug-likeness (QED) is 0.914. The maximum atomic E-state index is 5.94. The van der Waals surface area contributed by atoms with E-state index in [2.05, 4.69) is 15.9 Å². The Morgan fingerprint density at radius 3 is 2.47 bits per heavy atom. The summed E-state index contributed by atoms with van der Waals surface area (Å²) in [6.07, 6.45) is 0. The molecule has 0 aliphatic carbocycles. The molecule has 0 aliphatic heterocycles. The zero-order valence-electron chi connectivity index (χ0n) is 10.9. The number of halogens is 1. The molecule has 0 aromatic heterocycles. The van der Waals surface area contributed by atoms with Gasteiger partial charge in [-0.05, 0) is 47.1 Å². The Labute approximate surface area is 121 Å². The van der Waals surface area contributed by atoms with Crippen molar-refractivity contribution in [3.05, 3.63) is 52.5 Å². The second kappa shape index (κ2) is 6.08. The third-order valence-corrected chi connectivity index (χ3v) is 3.39. The first-order chi connectivity index (χ1) is 9.11. The fraction of sp³-hybridized carbons (Fsp3) is 0.200. The molecule has 0 fully saturated rings. The van der Waals surface area contributed by atoms with Gasteiger partial charge in [0.15, 0.2) is 0 Å². The first kappa shape index (κ1) is 13.9. The minimum atomic E-state index is -0.0757. The van der Waals surface area contributed by atoms with Gasteiger partial charge in [-0.3, -0.25) is 0 Å². The summed E-state index contributed by atoms with van der Waals surface area (Å²) >= 11 is 3.47. The highest BCUT2D eigenvalue weighted by molar-refractivity contribution is 9.10. The third kappa shape index (κ3) is 3.28. The average molecular weight is 322 g/mol. The summed E-state index contributed by atoms with van der Waals surface area (Å²) < 4.78 is 11.9. The lowest BCUT2D eigenvalue weighted by molar-refractivity contribution is 0.412. The van der Waals surface area contributed by atoms with E-state index >= 15 is 0 Å². The van der Waals surface area contributed by atoms with Crippen LogP contribution in [0.3, 0.4) is 0 Å². The van der Waals surface area contributed by atoms with E-state index in [1.54, 1.807) is 7.11 Å². The summed E-state index contributed by atoms with van der Waals surface area (Å²) in [6, 6.07) is 13.3. The molecule has 0 amide bonds. The second-order valence-corrected chi connectivity index (χ2v) is 5.08. The van der Waals surface area contributed by atoms with E-state index in [-0.39, 0.29) is 6.04 Å². The fourth-order valence-electron chi connectivity index (χ4n) is 1.76. The molecule has 2 aromatic rings. The van der Waals surface area contributed by atoms with E-state index in [1.807, 2.05) is 49.4 Å². The zero-order valence-corrected chi connectivity index (χ0v) is 12.5. The maximum absolute atomic E-state index is 5.94. The molecule has 4 heteroatoms. The van der Waals surface area contributed by atoms with Gasteiger partial charge in [0.25, 0.3) is 0 Å². The van der Waals surface area contributed by atoms with Gasteiger partial charge in [-0.25, -0.2) is 0 Å². The van der Waals surface area contributed by atoms with Crippen molar-refractivity contribution in [1.82, 2.24) is 0 Å². The molecule has 0 saturated carbocycles. The predicted octanol–water partition coefficient (Wildman–Crippen LogP) is 4.27. The van der Waals surface area contributed by atoms with Crippen molar-refractivity contribution >= 4 is 15.9 Å². The van der Waals surface area contributed by atoms with Crippen molar-refractivity contribution in [2.75, 3.05) is 7.11 Å². The van der Waals surface area contributed by atoms with Crippen LogP contribution >= 0.6 is 15.9 Å². The van der Waals surface area contributed by atoms with Crippen molar-refractivity contribution in [2.45, 2.75) is 13.0 Å². The fourth-order valence-corrected chi connectivity index (χ4v) is 2.20. The van der Waals surface area contributed by atoms with E-state index in [0.717, 1.165) is 27.3 Å². The minimum Gasteiger partial charge on any atom is -0.497 e. The highest BCUT2D eigenvalue weighted by Crippen LogP contribution is 2.35. The SMILES string of the molecule is COc1ccc(Oc2ccccc2C(C)N)c(Br)c1. The van der Waals surface area contributed by atoms with Crippen LogP contribution in [0, 0.1) is 0 Å². The van der Waals surface area contributed by atoms with Crippen LogP contribution in [0.4, 0.5) is 0 Å². The molecule has 100 valence electrons. The van der Waals surface area contributed by atoms with Crippen LogP contribution in [-0.2, 0) is 0 Å². The standard InChI is InChI=1S/C15H16BrNO2/c1-10(17)12-5-3-4-6-14(12)19-15-8-7-11(18-2)9-13(15)16/h3-10H,17H2,1-2H3. The lowest BCUT2D eigenvalue weighted by Gasteiger charge is -2.14. The van der Waals surface area contributed by atoms with E-state index in [4.69, 9.17) is 15.2 Å². The lowest BCUT2D eigenvalue weighted by Crippen LogP contribution is -2.06. The highest BCUT2D eigenvalue weighted by Gasteiger charge is 2.10. The first-order valence-electron chi connectivity index (χ1n) is 5.97. The molecule has 2 rings (SSSR count). The smallest absolute Gasteiger partial charge is 0.141 e. The molecule has 19 heavy (non-hydrogen) atoms. The summed E-state index contributed by atoms with van der Waals surface area (Å²) in [6.45, 7) is 1.94. The van der Waals surface area contributed by atoms with Gasteiger partial charge in [-0.2, -0.15) is 0 Å². The van der Waals surface area contributed by atoms with Gasteiger partial charge < -0.3 is 15.2 Å². The van der Waals surface area contributed by atoms with Gasteiger partial charge in [0.05, 0.1) is 11.6 Å². The number of benzene rings is 2. The monoisotopic (exact) mass is 321 g/mol. The average Bonchev–Trinajstić information content (AvgIpc) is 2.41. The van der Waals surface area contributed by atoms with Crippen LogP contribution in [0.5, 0.6) is 17.2 Å². The molecular weight excluding hydrogens is 306 g/mol. The zero-order chi connectivity index (χ0) is 13.8. The van der Waals surface area contributed by atoms with Gasteiger partial charge in [0, 0.05) is 11.6 Å². The lowest BCUT2D eigenvalue weighted by atomic mass is 10.1. The van der Waals surface area contributed by atoms with Crippen LogP contribution < -0.4 is 15.2 Å². The van der Waals surface area contributed by atoms with Crippen LogP contribution in [0.1, 0.15) is 18.5 Å². The van der Waals surface area contributed by atoms with Crippen molar-refractivity contribution in [1.29, 1.82) is 0 Å². The van der Waals surface area contributed by atoms with Gasteiger partial charge in [0.2, 0.25) is 0 Å². The molecule has 2 N–H and O–H groups in total. The Morgan fingerprint density at radius 2 is 1.84 bits per heavy atom. The molecule has 0 aliphatic rings. The maximum Gasteiger partial charge on any atom is 0.141 e. The Morgan fingerprint density at radius 1 is 1.11 bits per heavy atom. The summed E-state index contributed by atoms with van der Waals surface area (Å²) in [5.74, 6) is 2.27. The summed E-state index contributed by atoms with van der Waals surface area (Å²) in [7, 11) is 1.63. The number of ether oxygens (including phenoxy) is 2. The molecule has 0 bridgehead atoms. The predicted molar refractivity (Wildman–Crippen MR) is 79.8 cm³/mol. The van der Waals surface area contributed by atoms with E-state index < -0.39 is 0 Å². The number of para-hydroxylation sites is 1. The molecule has 0 heterocycles. The van der Waals surface area contributed by atoms with Crippen molar-refractivity contribution in [2.24, 2.45) is 5.73 Å². The topological polar surface area (TPSA) is 44.5 Å². The van der Waals surface area contributed by atoms with Crippen molar-refractivity contribution in [3.63, 3.8) is 0 Å². The van der Waals surface area contributed by atoms with E-state index in [0.29, 0.717) is 0 Å². The highest BCUT2D eigenvalue weighted by atomic mass is 79.9. The minimum absolute atomic E-state index is 0.0757. The van der Waals surface area contributed by atoms with Crippen LogP contribution in [0.2, 0.25) is 0 Å². The normalized spacial score (nSPS) is 12.0. The molecule has 0 spiro atoms.